The highest BCUT2D eigenvalue weighted by Gasteiger charge is 2.19. The summed E-state index contributed by atoms with van der Waals surface area (Å²) in [6.45, 7) is 5.20. The van der Waals surface area contributed by atoms with Gasteiger partial charge in [0.05, 0.1) is 13.0 Å². The SMILES string of the molecule is COc1ccc(-c2noc(C(C)C(C)=O)n2)cc1C. The summed E-state index contributed by atoms with van der Waals surface area (Å²) in [4.78, 5) is 15.5. The monoisotopic (exact) mass is 260 g/mol. The van der Waals surface area contributed by atoms with Gasteiger partial charge < -0.3 is 9.26 Å². The van der Waals surface area contributed by atoms with Crippen LogP contribution in [0.2, 0.25) is 0 Å². The van der Waals surface area contributed by atoms with Gasteiger partial charge in [-0.2, -0.15) is 4.98 Å². The van der Waals surface area contributed by atoms with Crippen molar-refractivity contribution in [3.63, 3.8) is 0 Å². The van der Waals surface area contributed by atoms with E-state index in [1.54, 1.807) is 14.0 Å². The number of ketones is 1. The van der Waals surface area contributed by atoms with E-state index in [1.807, 2.05) is 25.1 Å². The number of carbonyl (C=O) groups excluding carboxylic acids is 1. The maximum atomic E-state index is 11.3. The molecular weight excluding hydrogens is 244 g/mol. The zero-order valence-corrected chi connectivity index (χ0v) is 11.4. The second kappa shape index (κ2) is 5.22. The molecule has 1 heterocycles. The van der Waals surface area contributed by atoms with Crippen LogP contribution in [0.1, 0.15) is 31.2 Å². The highest BCUT2D eigenvalue weighted by atomic mass is 16.5. The average Bonchev–Trinajstić information content (AvgIpc) is 2.87. The Bertz CT molecular complexity index is 604. The van der Waals surface area contributed by atoms with Crippen LogP contribution in [0.15, 0.2) is 22.7 Å². The number of carbonyl (C=O) groups is 1. The Morgan fingerprint density at radius 1 is 1.42 bits per heavy atom. The van der Waals surface area contributed by atoms with Crippen molar-refractivity contribution < 1.29 is 14.1 Å². The van der Waals surface area contributed by atoms with Crippen LogP contribution in [0.25, 0.3) is 11.4 Å². The molecule has 1 aromatic carbocycles. The summed E-state index contributed by atoms with van der Waals surface area (Å²) in [6.07, 6.45) is 0. The molecule has 0 amide bonds. The summed E-state index contributed by atoms with van der Waals surface area (Å²) in [7, 11) is 1.63. The van der Waals surface area contributed by atoms with Crippen LogP contribution in [-0.2, 0) is 4.79 Å². The fraction of sp³-hybridized carbons (Fsp3) is 0.357. The molecule has 2 aromatic rings. The van der Waals surface area contributed by atoms with E-state index in [2.05, 4.69) is 10.1 Å². The predicted molar refractivity (Wildman–Crippen MR) is 70.1 cm³/mol. The Labute approximate surface area is 111 Å². The van der Waals surface area contributed by atoms with Crippen LogP contribution in [0.3, 0.4) is 0 Å². The number of aryl methyl sites for hydroxylation is 1. The fourth-order valence-corrected chi connectivity index (χ4v) is 1.72. The maximum absolute atomic E-state index is 11.3. The zero-order valence-electron chi connectivity index (χ0n) is 11.4. The molecule has 100 valence electrons. The molecule has 0 aliphatic heterocycles. The number of methoxy groups -OCH3 is 1. The van der Waals surface area contributed by atoms with Gasteiger partial charge in [0, 0.05) is 5.56 Å². The lowest BCUT2D eigenvalue weighted by Crippen LogP contribution is -2.04. The first-order valence-corrected chi connectivity index (χ1v) is 6.02. The Morgan fingerprint density at radius 3 is 2.74 bits per heavy atom. The minimum atomic E-state index is -0.374. The Morgan fingerprint density at radius 2 is 2.16 bits per heavy atom. The molecule has 1 unspecified atom stereocenters. The average molecular weight is 260 g/mol. The van der Waals surface area contributed by atoms with Gasteiger partial charge in [0.2, 0.25) is 11.7 Å². The van der Waals surface area contributed by atoms with E-state index in [-0.39, 0.29) is 11.7 Å². The van der Waals surface area contributed by atoms with Gasteiger partial charge in [-0.1, -0.05) is 5.16 Å². The molecule has 0 saturated carbocycles. The van der Waals surface area contributed by atoms with E-state index in [0.717, 1.165) is 16.9 Å². The molecule has 0 bridgehead atoms. The van der Waals surface area contributed by atoms with E-state index in [0.29, 0.717) is 11.7 Å². The van der Waals surface area contributed by atoms with Crippen molar-refractivity contribution >= 4 is 5.78 Å². The zero-order chi connectivity index (χ0) is 14.0. The Balaban J connectivity index is 2.33. The molecular formula is C14H16N2O3. The van der Waals surface area contributed by atoms with Crippen LogP contribution in [0.4, 0.5) is 0 Å². The van der Waals surface area contributed by atoms with Crippen molar-refractivity contribution in [2.45, 2.75) is 26.7 Å². The highest BCUT2D eigenvalue weighted by Crippen LogP contribution is 2.25. The van der Waals surface area contributed by atoms with Crippen molar-refractivity contribution in [2.24, 2.45) is 0 Å². The lowest BCUT2D eigenvalue weighted by Gasteiger charge is -2.04. The summed E-state index contributed by atoms with van der Waals surface area (Å²) >= 11 is 0. The highest BCUT2D eigenvalue weighted by molar-refractivity contribution is 5.81. The lowest BCUT2D eigenvalue weighted by molar-refractivity contribution is -0.118. The van der Waals surface area contributed by atoms with Crippen LogP contribution in [0, 0.1) is 6.92 Å². The van der Waals surface area contributed by atoms with E-state index >= 15 is 0 Å². The van der Waals surface area contributed by atoms with E-state index in [9.17, 15) is 4.79 Å². The van der Waals surface area contributed by atoms with Crippen molar-refractivity contribution in [3.8, 4) is 17.1 Å². The Hall–Kier alpha value is -2.17. The summed E-state index contributed by atoms with van der Waals surface area (Å²) in [5.41, 5.74) is 1.83. The number of nitrogens with zero attached hydrogens (tertiary/aromatic N) is 2. The largest absolute Gasteiger partial charge is 0.496 e. The summed E-state index contributed by atoms with van der Waals surface area (Å²) in [6, 6.07) is 5.64. The number of Topliss-reactive ketones (excluding diaryl/α,β-unsaturated/α-hetero) is 1. The number of hydrogen-bond donors (Lipinski definition) is 0. The first-order valence-electron chi connectivity index (χ1n) is 6.02. The van der Waals surface area contributed by atoms with E-state index in [4.69, 9.17) is 9.26 Å². The molecule has 1 aromatic heterocycles. The van der Waals surface area contributed by atoms with Gasteiger partial charge in [0.25, 0.3) is 0 Å². The molecule has 5 nitrogen and oxygen atoms in total. The van der Waals surface area contributed by atoms with Crippen LogP contribution < -0.4 is 4.74 Å². The van der Waals surface area contributed by atoms with E-state index < -0.39 is 0 Å². The first kappa shape index (κ1) is 13.3. The molecule has 19 heavy (non-hydrogen) atoms. The molecule has 2 rings (SSSR count). The molecule has 0 spiro atoms. The third-order valence-corrected chi connectivity index (χ3v) is 3.07. The Kier molecular flexibility index (Phi) is 3.64. The number of hydrogen-bond acceptors (Lipinski definition) is 5. The molecule has 0 saturated heterocycles. The third-order valence-electron chi connectivity index (χ3n) is 3.07. The normalized spacial score (nSPS) is 12.2. The second-order valence-electron chi connectivity index (χ2n) is 4.47. The standard InChI is InChI=1S/C14H16N2O3/c1-8-7-11(5-6-12(8)18-4)13-15-14(19-16-13)9(2)10(3)17/h5-7,9H,1-4H3. The maximum Gasteiger partial charge on any atom is 0.237 e. The summed E-state index contributed by atoms with van der Waals surface area (Å²) < 4.78 is 10.3. The molecule has 0 aliphatic carbocycles. The van der Waals surface area contributed by atoms with Crippen molar-refractivity contribution in [1.29, 1.82) is 0 Å². The molecule has 0 fully saturated rings. The number of aromatic nitrogens is 2. The van der Waals surface area contributed by atoms with Crippen LogP contribution in [-0.4, -0.2) is 23.0 Å². The topological polar surface area (TPSA) is 65.2 Å². The van der Waals surface area contributed by atoms with Gasteiger partial charge in [-0.25, -0.2) is 0 Å². The van der Waals surface area contributed by atoms with Crippen LogP contribution >= 0.6 is 0 Å². The minimum Gasteiger partial charge on any atom is -0.496 e. The first-order chi connectivity index (χ1) is 9.02. The summed E-state index contributed by atoms with van der Waals surface area (Å²) in [5, 5.41) is 3.91. The molecule has 0 N–H and O–H groups in total. The number of ether oxygens (including phenoxy) is 1. The molecule has 0 aliphatic rings. The lowest BCUT2D eigenvalue weighted by atomic mass is 10.1. The van der Waals surface area contributed by atoms with Gasteiger partial charge in [0.1, 0.15) is 11.5 Å². The van der Waals surface area contributed by atoms with Gasteiger partial charge in [0.15, 0.2) is 0 Å². The van der Waals surface area contributed by atoms with Crippen molar-refractivity contribution in [3.05, 3.63) is 29.7 Å². The number of benzene rings is 1. The minimum absolute atomic E-state index is 0.00103. The summed E-state index contributed by atoms with van der Waals surface area (Å²) in [5.74, 6) is 1.26. The van der Waals surface area contributed by atoms with Gasteiger partial charge in [-0.3, -0.25) is 4.79 Å². The quantitative estimate of drug-likeness (QED) is 0.845. The van der Waals surface area contributed by atoms with Crippen molar-refractivity contribution in [2.75, 3.05) is 7.11 Å². The van der Waals surface area contributed by atoms with Gasteiger partial charge in [-0.05, 0) is 44.5 Å². The molecule has 1 atom stereocenters. The number of rotatable bonds is 4. The van der Waals surface area contributed by atoms with Gasteiger partial charge >= 0.3 is 0 Å². The van der Waals surface area contributed by atoms with Crippen molar-refractivity contribution in [1.82, 2.24) is 10.1 Å². The smallest absolute Gasteiger partial charge is 0.237 e. The molecule has 0 radical (unpaired) electrons. The molecule has 5 heteroatoms. The fourth-order valence-electron chi connectivity index (χ4n) is 1.72. The predicted octanol–water partition coefficient (Wildman–Crippen LogP) is 2.75. The van der Waals surface area contributed by atoms with Crippen LogP contribution in [0.5, 0.6) is 5.75 Å². The van der Waals surface area contributed by atoms with E-state index in [1.165, 1.54) is 6.92 Å². The van der Waals surface area contributed by atoms with Gasteiger partial charge in [-0.15, -0.1) is 0 Å². The third kappa shape index (κ3) is 2.65. The second-order valence-corrected chi connectivity index (χ2v) is 4.47.